The second-order valence-corrected chi connectivity index (χ2v) is 6.56. The third kappa shape index (κ3) is 3.34. The van der Waals surface area contributed by atoms with Crippen LogP contribution in [0.4, 0.5) is 0 Å². The summed E-state index contributed by atoms with van der Waals surface area (Å²) >= 11 is 0. The van der Waals surface area contributed by atoms with Crippen molar-refractivity contribution >= 4 is 0 Å². The molecule has 1 aliphatic rings. The molecule has 1 saturated carbocycles. The van der Waals surface area contributed by atoms with E-state index in [-0.39, 0.29) is 5.41 Å². The largest absolute Gasteiger partial charge is 0.493 e. The lowest BCUT2D eigenvalue weighted by molar-refractivity contribution is 0.353. The number of ether oxygens (including phenoxy) is 2. The van der Waals surface area contributed by atoms with Gasteiger partial charge in [-0.2, -0.15) is 0 Å². The standard InChI is InChI=1S/C18H29NO2/c1-6-14-10-18(14,12-19-11-13(2)3)15-7-8-16(20-4)17(9-15)21-5/h7-9,13-14,19H,6,10-12H2,1-5H3. The molecule has 0 aromatic heterocycles. The molecule has 0 saturated heterocycles. The second-order valence-electron chi connectivity index (χ2n) is 6.56. The van der Waals surface area contributed by atoms with Gasteiger partial charge in [-0.1, -0.05) is 33.3 Å². The molecule has 0 aliphatic heterocycles. The van der Waals surface area contributed by atoms with E-state index >= 15 is 0 Å². The molecular weight excluding hydrogens is 262 g/mol. The van der Waals surface area contributed by atoms with Crippen molar-refractivity contribution in [3.8, 4) is 11.5 Å². The van der Waals surface area contributed by atoms with E-state index in [1.165, 1.54) is 18.4 Å². The molecule has 0 spiro atoms. The Morgan fingerprint density at radius 3 is 2.48 bits per heavy atom. The zero-order chi connectivity index (χ0) is 15.5. The molecule has 118 valence electrons. The Labute approximate surface area is 129 Å². The highest BCUT2D eigenvalue weighted by molar-refractivity contribution is 5.47. The molecule has 0 bridgehead atoms. The summed E-state index contributed by atoms with van der Waals surface area (Å²) in [4.78, 5) is 0. The van der Waals surface area contributed by atoms with Gasteiger partial charge < -0.3 is 14.8 Å². The lowest BCUT2D eigenvalue weighted by Gasteiger charge is -2.21. The van der Waals surface area contributed by atoms with Crippen molar-refractivity contribution in [2.75, 3.05) is 27.3 Å². The van der Waals surface area contributed by atoms with Gasteiger partial charge in [-0.05, 0) is 42.5 Å². The maximum Gasteiger partial charge on any atom is 0.161 e. The van der Waals surface area contributed by atoms with Crippen LogP contribution in [-0.2, 0) is 5.41 Å². The van der Waals surface area contributed by atoms with Crippen LogP contribution < -0.4 is 14.8 Å². The molecule has 1 fully saturated rings. The zero-order valence-corrected chi connectivity index (χ0v) is 14.0. The first kappa shape index (κ1) is 16.2. The maximum absolute atomic E-state index is 5.47. The molecule has 21 heavy (non-hydrogen) atoms. The van der Waals surface area contributed by atoms with Gasteiger partial charge in [-0.3, -0.25) is 0 Å². The number of hydrogen-bond acceptors (Lipinski definition) is 3. The Morgan fingerprint density at radius 1 is 1.24 bits per heavy atom. The highest BCUT2D eigenvalue weighted by Gasteiger charge is 2.53. The van der Waals surface area contributed by atoms with E-state index in [1.54, 1.807) is 14.2 Å². The van der Waals surface area contributed by atoms with Gasteiger partial charge in [0.1, 0.15) is 0 Å². The van der Waals surface area contributed by atoms with Gasteiger partial charge in [0.15, 0.2) is 11.5 Å². The van der Waals surface area contributed by atoms with Crippen LogP contribution in [0.1, 0.15) is 39.2 Å². The second kappa shape index (κ2) is 6.69. The molecule has 0 radical (unpaired) electrons. The van der Waals surface area contributed by atoms with Gasteiger partial charge in [0.2, 0.25) is 0 Å². The van der Waals surface area contributed by atoms with Crippen LogP contribution in [0.25, 0.3) is 0 Å². The number of hydrogen-bond donors (Lipinski definition) is 1. The van der Waals surface area contributed by atoms with Crippen LogP contribution in [0.3, 0.4) is 0 Å². The number of rotatable bonds is 8. The third-order valence-electron chi connectivity index (χ3n) is 4.68. The van der Waals surface area contributed by atoms with Crippen molar-refractivity contribution in [1.29, 1.82) is 0 Å². The summed E-state index contributed by atoms with van der Waals surface area (Å²) in [6.45, 7) is 8.92. The molecule has 1 aromatic rings. The van der Waals surface area contributed by atoms with E-state index in [9.17, 15) is 0 Å². The summed E-state index contributed by atoms with van der Waals surface area (Å²) in [6, 6.07) is 6.39. The Balaban J connectivity index is 2.19. The van der Waals surface area contributed by atoms with Gasteiger partial charge >= 0.3 is 0 Å². The first-order valence-corrected chi connectivity index (χ1v) is 8.00. The van der Waals surface area contributed by atoms with E-state index in [4.69, 9.17) is 9.47 Å². The predicted octanol–water partition coefficient (Wildman–Crippen LogP) is 3.62. The highest BCUT2D eigenvalue weighted by Crippen LogP contribution is 2.56. The van der Waals surface area contributed by atoms with E-state index in [0.29, 0.717) is 5.92 Å². The van der Waals surface area contributed by atoms with Gasteiger partial charge in [-0.25, -0.2) is 0 Å². The highest BCUT2D eigenvalue weighted by atomic mass is 16.5. The normalized spacial score (nSPS) is 24.2. The molecule has 1 aliphatic carbocycles. The lowest BCUT2D eigenvalue weighted by atomic mass is 9.91. The quantitative estimate of drug-likeness (QED) is 0.793. The van der Waals surface area contributed by atoms with Crippen molar-refractivity contribution in [3.63, 3.8) is 0 Å². The summed E-state index contributed by atoms with van der Waals surface area (Å²) in [5.74, 6) is 3.10. The first-order chi connectivity index (χ1) is 10.1. The minimum atomic E-state index is 0.281. The molecule has 1 aromatic carbocycles. The first-order valence-electron chi connectivity index (χ1n) is 8.00. The van der Waals surface area contributed by atoms with Crippen LogP contribution in [0.15, 0.2) is 18.2 Å². The summed E-state index contributed by atoms with van der Waals surface area (Å²) in [6.07, 6.45) is 2.50. The molecule has 2 unspecified atom stereocenters. The van der Waals surface area contributed by atoms with Crippen molar-refractivity contribution in [1.82, 2.24) is 5.32 Å². The molecule has 2 atom stereocenters. The summed E-state index contributed by atoms with van der Waals surface area (Å²) in [7, 11) is 3.39. The monoisotopic (exact) mass is 291 g/mol. The average molecular weight is 291 g/mol. The number of methoxy groups -OCH3 is 2. The minimum Gasteiger partial charge on any atom is -0.493 e. The Morgan fingerprint density at radius 2 is 1.95 bits per heavy atom. The van der Waals surface area contributed by atoms with Crippen LogP contribution >= 0.6 is 0 Å². The third-order valence-corrected chi connectivity index (χ3v) is 4.68. The fraction of sp³-hybridized carbons (Fsp3) is 0.667. The molecule has 3 heteroatoms. The van der Waals surface area contributed by atoms with Gasteiger partial charge in [0.25, 0.3) is 0 Å². The molecule has 0 heterocycles. The summed E-state index contributed by atoms with van der Waals surface area (Å²) in [5.41, 5.74) is 1.66. The van der Waals surface area contributed by atoms with Crippen LogP contribution in [0.5, 0.6) is 11.5 Å². The van der Waals surface area contributed by atoms with Gasteiger partial charge in [-0.15, -0.1) is 0 Å². The fourth-order valence-corrected chi connectivity index (χ4v) is 3.32. The predicted molar refractivity (Wildman–Crippen MR) is 87.3 cm³/mol. The van der Waals surface area contributed by atoms with Crippen molar-refractivity contribution in [2.45, 2.75) is 39.0 Å². The summed E-state index contributed by atoms with van der Waals surface area (Å²) < 4.78 is 10.8. The lowest BCUT2D eigenvalue weighted by Crippen LogP contribution is -2.31. The maximum atomic E-state index is 5.47. The Bertz CT molecular complexity index is 472. The van der Waals surface area contributed by atoms with Crippen molar-refractivity contribution in [2.24, 2.45) is 11.8 Å². The van der Waals surface area contributed by atoms with E-state index in [1.807, 2.05) is 6.07 Å². The molecule has 1 N–H and O–H groups in total. The minimum absolute atomic E-state index is 0.281. The van der Waals surface area contributed by atoms with E-state index in [2.05, 4.69) is 38.2 Å². The molecule has 3 nitrogen and oxygen atoms in total. The SMILES string of the molecule is CCC1CC1(CNCC(C)C)c1ccc(OC)c(OC)c1. The smallest absolute Gasteiger partial charge is 0.161 e. The number of nitrogens with one attached hydrogen (secondary N) is 1. The number of benzene rings is 1. The van der Waals surface area contributed by atoms with Crippen LogP contribution in [0, 0.1) is 11.8 Å². The van der Waals surface area contributed by atoms with Crippen molar-refractivity contribution in [3.05, 3.63) is 23.8 Å². The summed E-state index contributed by atoms with van der Waals surface area (Å²) in [5, 5.41) is 3.64. The van der Waals surface area contributed by atoms with Gasteiger partial charge in [0, 0.05) is 12.0 Å². The fourth-order valence-electron chi connectivity index (χ4n) is 3.32. The van der Waals surface area contributed by atoms with E-state index < -0.39 is 0 Å². The average Bonchev–Trinajstić information content (AvgIpc) is 3.21. The van der Waals surface area contributed by atoms with Gasteiger partial charge in [0.05, 0.1) is 14.2 Å². The van der Waals surface area contributed by atoms with E-state index in [0.717, 1.165) is 30.5 Å². The van der Waals surface area contributed by atoms with Crippen LogP contribution in [0.2, 0.25) is 0 Å². The molecule has 2 rings (SSSR count). The Kier molecular flexibility index (Phi) is 5.15. The zero-order valence-electron chi connectivity index (χ0n) is 14.0. The van der Waals surface area contributed by atoms with Crippen LogP contribution in [-0.4, -0.2) is 27.3 Å². The molecular formula is C18H29NO2. The topological polar surface area (TPSA) is 30.5 Å². The van der Waals surface area contributed by atoms with Crippen molar-refractivity contribution < 1.29 is 9.47 Å². The molecule has 0 amide bonds. The Hall–Kier alpha value is -1.22.